The highest BCUT2D eigenvalue weighted by Crippen LogP contribution is 2.26. The zero-order chi connectivity index (χ0) is 18.6. The van der Waals surface area contributed by atoms with Gasteiger partial charge in [0.1, 0.15) is 29.5 Å². The zero-order valence-corrected chi connectivity index (χ0v) is 18.6. The third-order valence-corrected chi connectivity index (χ3v) is 4.13. The van der Waals surface area contributed by atoms with E-state index >= 15 is 0 Å². The first-order chi connectivity index (χ1) is 11.7. The number of hydrogen-bond acceptors (Lipinski definition) is 5. The Hall–Kier alpha value is -1.62. The molecule has 2 heterocycles. The topological polar surface area (TPSA) is 100 Å². The van der Waals surface area contributed by atoms with Crippen LogP contribution in [0.2, 0.25) is 0 Å². The van der Waals surface area contributed by atoms with E-state index in [-0.39, 0.29) is 24.0 Å². The molecule has 0 saturated carbocycles. The molecular weight excluding hydrogens is 447 g/mol. The zero-order valence-electron chi connectivity index (χ0n) is 16.3. The summed E-state index contributed by atoms with van der Waals surface area (Å²) in [5.41, 5.74) is -0.295. The summed E-state index contributed by atoms with van der Waals surface area (Å²) in [6.07, 6.45) is 0. The Labute approximate surface area is 171 Å². The number of aryl methyl sites for hydroxylation is 3. The van der Waals surface area contributed by atoms with E-state index in [1.54, 1.807) is 6.92 Å². The van der Waals surface area contributed by atoms with Gasteiger partial charge in [-0.1, -0.05) is 0 Å². The summed E-state index contributed by atoms with van der Waals surface area (Å²) >= 11 is 0. The fourth-order valence-corrected chi connectivity index (χ4v) is 2.60. The number of halogens is 1. The molecule has 0 bridgehead atoms. The summed E-state index contributed by atoms with van der Waals surface area (Å²) in [5.74, 6) is 3.74. The lowest BCUT2D eigenvalue weighted by Gasteiger charge is -2.24. The Kier molecular flexibility index (Phi) is 8.07. The van der Waals surface area contributed by atoms with E-state index < -0.39 is 5.60 Å². The normalized spacial score (nSPS) is 13.9. The van der Waals surface area contributed by atoms with Crippen molar-refractivity contribution in [1.29, 1.82) is 0 Å². The molecular formula is C17H29IN6O2. The second-order valence-corrected chi connectivity index (χ2v) is 6.37. The van der Waals surface area contributed by atoms with Crippen LogP contribution in [0, 0.1) is 20.8 Å². The average molecular weight is 476 g/mol. The SMILES string of the molecule is CCNC(=NCc1nnc(C)n1C)NCC(C)(O)c1cc(C)oc1C.I. The number of furan rings is 1. The van der Waals surface area contributed by atoms with Gasteiger partial charge in [-0.25, -0.2) is 4.99 Å². The van der Waals surface area contributed by atoms with Crippen LogP contribution in [0.3, 0.4) is 0 Å². The molecule has 1 unspecified atom stereocenters. The molecule has 3 N–H and O–H groups in total. The van der Waals surface area contributed by atoms with Gasteiger partial charge in [-0.05, 0) is 40.7 Å². The molecule has 0 aliphatic heterocycles. The molecule has 2 aromatic rings. The van der Waals surface area contributed by atoms with Gasteiger partial charge in [0.15, 0.2) is 11.8 Å². The van der Waals surface area contributed by atoms with Crippen LogP contribution in [-0.2, 0) is 19.2 Å². The van der Waals surface area contributed by atoms with Crippen molar-refractivity contribution < 1.29 is 9.52 Å². The summed E-state index contributed by atoms with van der Waals surface area (Å²) in [7, 11) is 1.91. The maximum atomic E-state index is 10.8. The van der Waals surface area contributed by atoms with Gasteiger partial charge in [0.25, 0.3) is 0 Å². The molecule has 26 heavy (non-hydrogen) atoms. The molecule has 0 radical (unpaired) electrons. The van der Waals surface area contributed by atoms with Crippen LogP contribution in [-0.4, -0.2) is 38.9 Å². The van der Waals surface area contributed by atoms with E-state index in [0.717, 1.165) is 35.3 Å². The van der Waals surface area contributed by atoms with Gasteiger partial charge in [0.2, 0.25) is 0 Å². The first-order valence-corrected chi connectivity index (χ1v) is 8.41. The van der Waals surface area contributed by atoms with Gasteiger partial charge in [-0.3, -0.25) is 0 Å². The van der Waals surface area contributed by atoms with Gasteiger partial charge >= 0.3 is 0 Å². The van der Waals surface area contributed by atoms with Gasteiger partial charge in [-0.15, -0.1) is 34.2 Å². The van der Waals surface area contributed by atoms with Gasteiger partial charge < -0.3 is 24.7 Å². The van der Waals surface area contributed by atoms with Crippen molar-refractivity contribution in [2.75, 3.05) is 13.1 Å². The number of hydrogen-bond donors (Lipinski definition) is 3. The van der Waals surface area contributed by atoms with Crippen molar-refractivity contribution in [1.82, 2.24) is 25.4 Å². The molecule has 2 aromatic heterocycles. The highest BCUT2D eigenvalue weighted by atomic mass is 127. The quantitative estimate of drug-likeness (QED) is 0.335. The lowest BCUT2D eigenvalue weighted by molar-refractivity contribution is 0.0601. The minimum Gasteiger partial charge on any atom is -0.466 e. The number of aliphatic imine (C=N–C) groups is 1. The third-order valence-electron chi connectivity index (χ3n) is 4.13. The second-order valence-electron chi connectivity index (χ2n) is 6.37. The molecule has 0 aromatic carbocycles. The Morgan fingerprint density at radius 3 is 2.50 bits per heavy atom. The molecule has 0 saturated heterocycles. The Bertz CT molecular complexity index is 751. The van der Waals surface area contributed by atoms with Crippen molar-refractivity contribution in [2.24, 2.45) is 12.0 Å². The molecule has 8 nitrogen and oxygen atoms in total. The molecule has 1 atom stereocenters. The maximum absolute atomic E-state index is 10.8. The molecule has 0 amide bonds. The molecule has 2 rings (SSSR count). The summed E-state index contributed by atoms with van der Waals surface area (Å²) in [6.45, 7) is 10.8. The summed E-state index contributed by atoms with van der Waals surface area (Å²) in [4.78, 5) is 4.52. The van der Waals surface area contributed by atoms with Crippen LogP contribution in [0.4, 0.5) is 0 Å². The van der Waals surface area contributed by atoms with Crippen LogP contribution in [0.15, 0.2) is 15.5 Å². The van der Waals surface area contributed by atoms with Crippen LogP contribution < -0.4 is 10.6 Å². The minimum atomic E-state index is -1.07. The van der Waals surface area contributed by atoms with E-state index in [4.69, 9.17) is 4.42 Å². The minimum absolute atomic E-state index is 0. The van der Waals surface area contributed by atoms with Crippen LogP contribution in [0.1, 0.15) is 42.6 Å². The standard InChI is InChI=1S/C17H28N6O2.HI/c1-7-18-16(19-9-15-22-21-13(4)23(15)6)20-10-17(5,24)14-8-11(2)25-12(14)3;/h8,24H,7,9-10H2,1-6H3,(H2,18,19,20);1H. The first-order valence-electron chi connectivity index (χ1n) is 8.41. The fraction of sp³-hybridized carbons (Fsp3) is 0.588. The summed E-state index contributed by atoms with van der Waals surface area (Å²) in [5, 5.41) is 25.3. The molecule has 0 aliphatic carbocycles. The van der Waals surface area contributed by atoms with E-state index in [1.807, 2.05) is 45.4 Å². The number of guanidine groups is 1. The van der Waals surface area contributed by atoms with E-state index in [0.29, 0.717) is 19.0 Å². The molecule has 146 valence electrons. The number of nitrogens with zero attached hydrogens (tertiary/aromatic N) is 4. The van der Waals surface area contributed by atoms with Crippen molar-refractivity contribution in [3.8, 4) is 0 Å². The fourth-order valence-electron chi connectivity index (χ4n) is 2.60. The van der Waals surface area contributed by atoms with E-state index in [2.05, 4.69) is 25.8 Å². The largest absolute Gasteiger partial charge is 0.466 e. The van der Waals surface area contributed by atoms with Crippen LogP contribution in [0.5, 0.6) is 0 Å². The number of aromatic nitrogens is 3. The number of aliphatic hydroxyl groups is 1. The predicted molar refractivity (Wildman–Crippen MR) is 112 cm³/mol. The van der Waals surface area contributed by atoms with Crippen molar-refractivity contribution >= 4 is 29.9 Å². The molecule has 0 spiro atoms. The van der Waals surface area contributed by atoms with E-state index in [9.17, 15) is 5.11 Å². The van der Waals surface area contributed by atoms with E-state index in [1.165, 1.54) is 0 Å². The monoisotopic (exact) mass is 476 g/mol. The lowest BCUT2D eigenvalue weighted by Crippen LogP contribution is -2.44. The van der Waals surface area contributed by atoms with Crippen molar-refractivity contribution in [2.45, 2.75) is 46.8 Å². The molecule has 0 aliphatic rings. The maximum Gasteiger partial charge on any atom is 0.191 e. The van der Waals surface area contributed by atoms with Crippen LogP contribution >= 0.6 is 24.0 Å². The van der Waals surface area contributed by atoms with Gasteiger partial charge in [0, 0.05) is 19.2 Å². The highest BCUT2D eigenvalue weighted by Gasteiger charge is 2.27. The lowest BCUT2D eigenvalue weighted by atomic mass is 9.96. The second kappa shape index (κ2) is 9.36. The van der Waals surface area contributed by atoms with Crippen LogP contribution in [0.25, 0.3) is 0 Å². The first kappa shape index (κ1) is 22.4. The van der Waals surface area contributed by atoms with Crippen molar-refractivity contribution in [3.05, 3.63) is 34.8 Å². The molecule has 0 fully saturated rings. The predicted octanol–water partition coefficient (Wildman–Crippen LogP) is 1.91. The Balaban J connectivity index is 0.00000338. The third kappa shape index (κ3) is 5.44. The highest BCUT2D eigenvalue weighted by molar-refractivity contribution is 14.0. The van der Waals surface area contributed by atoms with Crippen molar-refractivity contribution in [3.63, 3.8) is 0 Å². The Morgan fingerprint density at radius 2 is 2.00 bits per heavy atom. The number of rotatable bonds is 6. The Morgan fingerprint density at radius 1 is 1.31 bits per heavy atom. The number of nitrogens with one attached hydrogen (secondary N) is 2. The van der Waals surface area contributed by atoms with Gasteiger partial charge in [-0.2, -0.15) is 0 Å². The summed E-state index contributed by atoms with van der Waals surface area (Å²) < 4.78 is 7.43. The average Bonchev–Trinajstić information content (AvgIpc) is 3.05. The van der Waals surface area contributed by atoms with Gasteiger partial charge in [0.05, 0.1) is 6.54 Å². The smallest absolute Gasteiger partial charge is 0.191 e. The molecule has 9 heteroatoms. The summed E-state index contributed by atoms with van der Waals surface area (Å²) in [6, 6.07) is 1.86.